The van der Waals surface area contributed by atoms with Gasteiger partial charge in [-0.05, 0) is 85.0 Å². The summed E-state index contributed by atoms with van der Waals surface area (Å²) >= 11 is 0. The minimum atomic E-state index is -3.78. The molecule has 2 saturated carbocycles. The molecule has 2 aromatic rings. The first-order valence-electron chi connectivity index (χ1n) is 15.2. The molecule has 0 radical (unpaired) electrons. The van der Waals surface area contributed by atoms with Gasteiger partial charge < -0.3 is 24.5 Å². The van der Waals surface area contributed by atoms with E-state index in [1.54, 1.807) is 38.6 Å². The molecular formula is C29H48N7O6P. The Kier molecular flexibility index (Phi) is 10.2. The second-order valence-electron chi connectivity index (χ2n) is 13.5. The number of aromatic nitrogens is 4. The summed E-state index contributed by atoms with van der Waals surface area (Å²) in [6.07, 6.45) is 7.06. The average Bonchev–Trinajstić information content (AvgIpc) is 3.63. The Labute approximate surface area is 253 Å². The van der Waals surface area contributed by atoms with E-state index in [9.17, 15) is 14.2 Å². The summed E-state index contributed by atoms with van der Waals surface area (Å²) in [5.74, 6) is 0.231. The number of esters is 2. The van der Waals surface area contributed by atoms with Crippen LogP contribution in [0, 0.1) is 11.8 Å². The third kappa shape index (κ3) is 8.53. The lowest BCUT2D eigenvalue weighted by molar-refractivity contribution is -0.155. The zero-order valence-corrected chi connectivity index (χ0v) is 27.4. The third-order valence-electron chi connectivity index (χ3n) is 8.21. The lowest BCUT2D eigenvalue weighted by Gasteiger charge is -2.36. The number of rotatable bonds is 13. The maximum atomic E-state index is 14.6. The van der Waals surface area contributed by atoms with Crippen LogP contribution in [-0.4, -0.2) is 67.2 Å². The molecule has 0 aliphatic heterocycles. The van der Waals surface area contributed by atoms with Crippen LogP contribution in [0.2, 0.25) is 0 Å². The normalized spacial score (nSPS) is 23.9. The van der Waals surface area contributed by atoms with Crippen LogP contribution in [0.15, 0.2) is 12.7 Å². The lowest BCUT2D eigenvalue weighted by atomic mass is 10.1. The van der Waals surface area contributed by atoms with E-state index in [1.807, 2.05) is 6.92 Å². The summed E-state index contributed by atoms with van der Waals surface area (Å²) in [6.45, 7) is 12.9. The first-order chi connectivity index (χ1) is 20.1. The number of nitrogens with two attached hydrogens (primary N) is 1. The summed E-state index contributed by atoms with van der Waals surface area (Å²) < 4.78 is 34.0. The predicted octanol–water partition coefficient (Wildman–Crippen LogP) is 4.16. The number of imidazole rings is 1. The second kappa shape index (κ2) is 13.2. The van der Waals surface area contributed by atoms with Gasteiger partial charge in [0, 0.05) is 0 Å². The molecule has 2 aliphatic carbocycles. The molecule has 5 atom stereocenters. The van der Waals surface area contributed by atoms with E-state index in [0.717, 1.165) is 38.5 Å². The van der Waals surface area contributed by atoms with Gasteiger partial charge in [0.1, 0.15) is 41.5 Å². The molecule has 2 fully saturated rings. The van der Waals surface area contributed by atoms with Crippen LogP contribution in [-0.2, 0) is 34.9 Å². The maximum absolute atomic E-state index is 14.6. The summed E-state index contributed by atoms with van der Waals surface area (Å²) in [6, 6.07) is 0. The molecule has 4 rings (SSSR count). The monoisotopic (exact) mass is 621 g/mol. The SMILES string of the molecule is C[C@@H]1CC[C@H](OC(=O)C(C)(C)NP(=O)(CO[C@H](C)Cn2cnc3c(N)ncnc32)NC(C)(C)C(=O)O[C@H]2CC[C@@H](C)C2)C1. The molecular weight excluding hydrogens is 573 g/mol. The number of hydrogen-bond donors (Lipinski definition) is 3. The Morgan fingerprint density at radius 3 is 2.00 bits per heavy atom. The Morgan fingerprint density at radius 1 is 0.977 bits per heavy atom. The van der Waals surface area contributed by atoms with Crippen molar-refractivity contribution in [2.45, 2.75) is 123 Å². The highest BCUT2D eigenvalue weighted by Gasteiger charge is 2.44. The van der Waals surface area contributed by atoms with Gasteiger partial charge in [0.15, 0.2) is 11.5 Å². The van der Waals surface area contributed by atoms with Crippen molar-refractivity contribution in [1.29, 1.82) is 0 Å². The molecule has 0 bridgehead atoms. The van der Waals surface area contributed by atoms with Gasteiger partial charge in [-0.2, -0.15) is 0 Å². The van der Waals surface area contributed by atoms with Crippen LogP contribution in [0.25, 0.3) is 11.2 Å². The molecule has 0 amide bonds. The Bertz CT molecular complexity index is 1300. The highest BCUT2D eigenvalue weighted by Crippen LogP contribution is 2.43. The fraction of sp³-hybridized carbons (Fsp3) is 0.759. The van der Waals surface area contributed by atoms with Gasteiger partial charge in [-0.3, -0.25) is 14.2 Å². The molecule has 14 heteroatoms. The van der Waals surface area contributed by atoms with Crippen molar-refractivity contribution in [3.05, 3.63) is 12.7 Å². The van der Waals surface area contributed by atoms with Crippen molar-refractivity contribution in [2.24, 2.45) is 11.8 Å². The zero-order valence-electron chi connectivity index (χ0n) is 26.5. The van der Waals surface area contributed by atoms with Gasteiger partial charge in [0.05, 0.1) is 19.0 Å². The van der Waals surface area contributed by atoms with E-state index in [1.165, 1.54) is 6.33 Å². The summed E-state index contributed by atoms with van der Waals surface area (Å²) in [5, 5.41) is 6.00. The number of nitrogen functional groups attached to an aromatic ring is 1. The number of hydrogen-bond acceptors (Lipinski definition) is 10. The number of carbonyl (C=O) groups is 2. The number of ether oxygens (including phenoxy) is 3. The Hall–Kier alpha value is -2.60. The number of nitrogens with one attached hydrogen (secondary N) is 2. The molecule has 2 aromatic heterocycles. The van der Waals surface area contributed by atoms with Gasteiger partial charge >= 0.3 is 11.9 Å². The number of carbonyl (C=O) groups excluding carboxylic acids is 2. The Balaban J connectivity index is 1.48. The standard InChI is InChI=1S/C29H48N7O6P/c1-18-8-10-21(12-18)41-26(37)28(4,5)34-43(39,35-29(6,7)27(38)42-22-11-9-19(2)13-22)17-40-20(3)14-36-16-33-23-24(30)31-15-32-25(23)36/h15-16,18-22H,8-14,17H2,1-7H3,(H2,30,31,32)(H2,34,35,39)/t18-,19-,20-,21+,22+/m1/s1. The van der Waals surface area contributed by atoms with Crippen LogP contribution in [0.3, 0.4) is 0 Å². The third-order valence-corrected chi connectivity index (χ3v) is 10.6. The van der Waals surface area contributed by atoms with Crippen LogP contribution >= 0.6 is 7.44 Å². The predicted molar refractivity (Wildman–Crippen MR) is 163 cm³/mol. The van der Waals surface area contributed by atoms with E-state index in [-0.39, 0.29) is 24.4 Å². The molecule has 0 saturated heterocycles. The van der Waals surface area contributed by atoms with E-state index in [4.69, 9.17) is 19.9 Å². The van der Waals surface area contributed by atoms with E-state index < -0.39 is 36.6 Å². The highest BCUT2D eigenvalue weighted by molar-refractivity contribution is 7.59. The van der Waals surface area contributed by atoms with Crippen molar-refractivity contribution in [2.75, 3.05) is 12.1 Å². The molecule has 13 nitrogen and oxygen atoms in total. The number of anilines is 1. The first kappa shape index (κ1) is 33.3. The zero-order chi connectivity index (χ0) is 31.6. The number of fused-ring (bicyclic) bond motifs is 1. The molecule has 0 spiro atoms. The van der Waals surface area contributed by atoms with Crippen LogP contribution in [0.1, 0.15) is 87.0 Å². The topological polar surface area (TPSA) is 173 Å². The lowest BCUT2D eigenvalue weighted by Crippen LogP contribution is -2.54. The van der Waals surface area contributed by atoms with Crippen LogP contribution < -0.4 is 15.9 Å². The van der Waals surface area contributed by atoms with Gasteiger partial charge in [0.2, 0.25) is 7.44 Å². The quantitative estimate of drug-likeness (QED) is 0.216. The van der Waals surface area contributed by atoms with Crippen molar-refractivity contribution >= 4 is 36.4 Å². The van der Waals surface area contributed by atoms with Crippen molar-refractivity contribution < 1.29 is 28.4 Å². The fourth-order valence-corrected chi connectivity index (χ4v) is 8.44. The van der Waals surface area contributed by atoms with Crippen molar-refractivity contribution in [3.8, 4) is 0 Å². The van der Waals surface area contributed by atoms with Crippen molar-refractivity contribution in [3.63, 3.8) is 0 Å². The summed E-state index contributed by atoms with van der Waals surface area (Å²) in [5.41, 5.74) is 4.28. The molecule has 43 heavy (non-hydrogen) atoms. The first-order valence-corrected chi connectivity index (χ1v) is 17.1. The summed E-state index contributed by atoms with van der Waals surface area (Å²) in [7, 11) is -3.78. The molecule has 0 unspecified atom stereocenters. The average molecular weight is 622 g/mol. The number of nitrogens with zero attached hydrogens (tertiary/aromatic N) is 4. The molecule has 2 heterocycles. The van der Waals surface area contributed by atoms with E-state index in [2.05, 4.69) is 39.0 Å². The van der Waals surface area contributed by atoms with Crippen LogP contribution in [0.5, 0.6) is 0 Å². The van der Waals surface area contributed by atoms with E-state index in [0.29, 0.717) is 29.5 Å². The minimum Gasteiger partial charge on any atom is -0.461 e. The molecule has 0 aromatic carbocycles. The highest BCUT2D eigenvalue weighted by atomic mass is 31.2. The Morgan fingerprint density at radius 2 is 1.51 bits per heavy atom. The molecule has 2 aliphatic rings. The van der Waals surface area contributed by atoms with Gasteiger partial charge in [0.25, 0.3) is 0 Å². The molecule has 240 valence electrons. The minimum absolute atomic E-state index is 0.171. The largest absolute Gasteiger partial charge is 0.461 e. The summed E-state index contributed by atoms with van der Waals surface area (Å²) in [4.78, 5) is 39.1. The maximum Gasteiger partial charge on any atom is 0.326 e. The smallest absolute Gasteiger partial charge is 0.326 e. The molecule has 4 N–H and O–H groups in total. The van der Waals surface area contributed by atoms with Crippen LogP contribution in [0.4, 0.5) is 5.82 Å². The van der Waals surface area contributed by atoms with Gasteiger partial charge in [-0.1, -0.05) is 13.8 Å². The fourth-order valence-electron chi connectivity index (χ4n) is 5.80. The second-order valence-corrected chi connectivity index (χ2v) is 15.7. The van der Waals surface area contributed by atoms with Crippen molar-refractivity contribution in [1.82, 2.24) is 29.7 Å². The van der Waals surface area contributed by atoms with Gasteiger partial charge in [-0.15, -0.1) is 0 Å². The van der Waals surface area contributed by atoms with Gasteiger partial charge in [-0.25, -0.2) is 25.1 Å². The van der Waals surface area contributed by atoms with E-state index >= 15 is 0 Å².